The van der Waals surface area contributed by atoms with Crippen LogP contribution in [-0.4, -0.2) is 13.4 Å². The van der Waals surface area contributed by atoms with Gasteiger partial charge in [0.25, 0.3) is 10.0 Å². The molecule has 0 aliphatic heterocycles. The van der Waals surface area contributed by atoms with E-state index in [0.29, 0.717) is 0 Å². The number of hydrogen-bond donors (Lipinski definition) is 1. The van der Waals surface area contributed by atoms with Crippen molar-refractivity contribution in [1.82, 2.24) is 4.98 Å². The van der Waals surface area contributed by atoms with E-state index in [-0.39, 0.29) is 10.0 Å². The van der Waals surface area contributed by atoms with Crippen molar-refractivity contribution in [3.8, 4) is 0 Å². The van der Waals surface area contributed by atoms with Crippen molar-refractivity contribution in [2.75, 3.05) is 4.72 Å². The summed E-state index contributed by atoms with van der Waals surface area (Å²) in [6.45, 7) is 0. The van der Waals surface area contributed by atoms with Gasteiger partial charge in [0.1, 0.15) is 10.0 Å². The molecule has 0 fully saturated rings. The number of benzene rings is 1. The summed E-state index contributed by atoms with van der Waals surface area (Å²) in [4.78, 5) is 3.29. The first-order chi connectivity index (χ1) is 8.92. The Bertz CT molecular complexity index is 722. The van der Waals surface area contributed by atoms with Gasteiger partial charge in [-0.15, -0.1) is 0 Å². The molecule has 2 rings (SSSR count). The number of anilines is 1. The summed E-state index contributed by atoms with van der Waals surface area (Å²) in [6, 6.07) is 5.72. The summed E-state index contributed by atoms with van der Waals surface area (Å²) in [7, 11) is -4.13. The molecule has 1 heterocycles. The fourth-order valence-corrected chi connectivity index (χ4v) is 2.87. The van der Waals surface area contributed by atoms with Crippen LogP contribution in [0.15, 0.2) is 41.4 Å². The second-order valence-electron chi connectivity index (χ2n) is 3.50. The van der Waals surface area contributed by atoms with Gasteiger partial charge in [-0.2, -0.15) is 0 Å². The summed E-state index contributed by atoms with van der Waals surface area (Å²) >= 11 is 5.65. The maximum atomic E-state index is 13.4. The molecular weight excluding hydrogens is 298 g/mol. The number of aromatic nitrogens is 1. The van der Waals surface area contributed by atoms with Crippen LogP contribution in [0.4, 0.5) is 14.5 Å². The standard InChI is InChI=1S/C11H7ClF2N2O2S/c12-11-9(5-2-6-15-11)19(17,18)16-8-4-1-3-7(13)10(8)14/h1-6,16H. The van der Waals surface area contributed by atoms with Crippen molar-refractivity contribution < 1.29 is 17.2 Å². The highest BCUT2D eigenvalue weighted by atomic mass is 35.5. The third-order valence-electron chi connectivity index (χ3n) is 2.21. The van der Waals surface area contributed by atoms with Crippen LogP contribution in [0.2, 0.25) is 5.15 Å². The molecule has 0 aliphatic rings. The molecule has 1 aromatic heterocycles. The zero-order valence-electron chi connectivity index (χ0n) is 9.27. The molecule has 0 amide bonds. The lowest BCUT2D eigenvalue weighted by Crippen LogP contribution is -2.15. The Hall–Kier alpha value is -1.73. The number of nitrogens with zero attached hydrogens (tertiary/aromatic N) is 1. The van der Waals surface area contributed by atoms with Crippen molar-refractivity contribution in [3.05, 3.63) is 53.3 Å². The highest BCUT2D eigenvalue weighted by Crippen LogP contribution is 2.23. The highest BCUT2D eigenvalue weighted by molar-refractivity contribution is 7.92. The Morgan fingerprint density at radius 3 is 2.58 bits per heavy atom. The van der Waals surface area contributed by atoms with Crippen LogP contribution in [0.25, 0.3) is 0 Å². The largest absolute Gasteiger partial charge is 0.276 e. The summed E-state index contributed by atoms with van der Waals surface area (Å²) in [6.07, 6.45) is 1.31. The average Bonchev–Trinajstić information content (AvgIpc) is 2.35. The Labute approximate surface area is 113 Å². The van der Waals surface area contributed by atoms with Gasteiger partial charge in [0, 0.05) is 6.20 Å². The molecule has 0 aliphatic carbocycles. The maximum Gasteiger partial charge on any atom is 0.265 e. The van der Waals surface area contributed by atoms with Gasteiger partial charge in [-0.25, -0.2) is 22.2 Å². The molecule has 2 aromatic rings. The fourth-order valence-electron chi connectivity index (χ4n) is 1.35. The molecule has 4 nitrogen and oxygen atoms in total. The van der Waals surface area contributed by atoms with Crippen molar-refractivity contribution in [3.63, 3.8) is 0 Å². The smallest absolute Gasteiger partial charge is 0.265 e. The van der Waals surface area contributed by atoms with Gasteiger partial charge in [-0.3, -0.25) is 4.72 Å². The summed E-state index contributed by atoms with van der Waals surface area (Å²) in [5.74, 6) is -2.44. The number of nitrogens with one attached hydrogen (secondary N) is 1. The molecule has 8 heteroatoms. The summed E-state index contributed by atoms with van der Waals surface area (Å²) in [5, 5.41) is -0.258. The monoisotopic (exact) mass is 304 g/mol. The lowest BCUT2D eigenvalue weighted by molar-refractivity contribution is 0.511. The molecule has 100 valence electrons. The van der Waals surface area contributed by atoms with Crippen molar-refractivity contribution in [2.45, 2.75) is 4.90 Å². The zero-order chi connectivity index (χ0) is 14.0. The van der Waals surface area contributed by atoms with Crippen LogP contribution >= 0.6 is 11.6 Å². The molecule has 1 aromatic carbocycles. The number of hydrogen-bond acceptors (Lipinski definition) is 3. The summed E-state index contributed by atoms with van der Waals surface area (Å²) < 4.78 is 52.2. The van der Waals surface area contributed by atoms with Crippen LogP contribution in [0.1, 0.15) is 0 Å². The van der Waals surface area contributed by atoms with Crippen LogP contribution in [0.3, 0.4) is 0 Å². The fraction of sp³-hybridized carbons (Fsp3) is 0. The Morgan fingerprint density at radius 1 is 1.16 bits per heavy atom. The number of pyridine rings is 1. The first kappa shape index (κ1) is 13.7. The van der Waals surface area contributed by atoms with Gasteiger partial charge in [0.05, 0.1) is 5.69 Å². The van der Waals surface area contributed by atoms with Gasteiger partial charge in [-0.1, -0.05) is 17.7 Å². The van der Waals surface area contributed by atoms with Gasteiger partial charge < -0.3 is 0 Å². The molecule has 0 bridgehead atoms. The second-order valence-corrected chi connectivity index (χ2v) is 5.51. The SMILES string of the molecule is O=S(=O)(Nc1cccc(F)c1F)c1cccnc1Cl. The van der Waals surface area contributed by atoms with Gasteiger partial charge in [0.2, 0.25) is 0 Å². The first-order valence-corrected chi connectivity index (χ1v) is 6.85. The zero-order valence-corrected chi connectivity index (χ0v) is 10.8. The molecule has 0 atom stereocenters. The molecule has 0 saturated carbocycles. The van der Waals surface area contributed by atoms with E-state index in [2.05, 4.69) is 4.98 Å². The maximum absolute atomic E-state index is 13.4. The van der Waals surface area contributed by atoms with E-state index < -0.39 is 27.3 Å². The van der Waals surface area contributed by atoms with E-state index in [1.54, 1.807) is 0 Å². The summed E-state index contributed by atoms with van der Waals surface area (Å²) in [5.41, 5.74) is -0.500. The predicted molar refractivity (Wildman–Crippen MR) is 66.4 cm³/mol. The molecule has 0 spiro atoms. The molecular formula is C11H7ClF2N2O2S. The quantitative estimate of drug-likeness (QED) is 0.887. The third kappa shape index (κ3) is 2.82. The van der Waals surface area contributed by atoms with Crippen LogP contribution in [-0.2, 0) is 10.0 Å². The van der Waals surface area contributed by atoms with Crippen LogP contribution in [0, 0.1) is 11.6 Å². The lowest BCUT2D eigenvalue weighted by Gasteiger charge is -2.09. The molecule has 0 radical (unpaired) electrons. The number of halogens is 3. The molecule has 19 heavy (non-hydrogen) atoms. The predicted octanol–water partition coefficient (Wildman–Crippen LogP) is 2.81. The minimum absolute atomic E-state index is 0.258. The first-order valence-electron chi connectivity index (χ1n) is 4.99. The highest BCUT2D eigenvalue weighted by Gasteiger charge is 2.20. The van der Waals surface area contributed by atoms with Gasteiger partial charge >= 0.3 is 0 Å². The normalized spacial score (nSPS) is 11.3. The Balaban J connectivity index is 2.43. The lowest BCUT2D eigenvalue weighted by atomic mass is 10.3. The average molecular weight is 305 g/mol. The van der Waals surface area contributed by atoms with Crippen LogP contribution in [0.5, 0.6) is 0 Å². The van der Waals surface area contributed by atoms with E-state index in [9.17, 15) is 17.2 Å². The Morgan fingerprint density at radius 2 is 1.89 bits per heavy atom. The van der Waals surface area contributed by atoms with Crippen molar-refractivity contribution in [1.29, 1.82) is 0 Å². The Kier molecular flexibility index (Phi) is 3.68. The molecule has 1 N–H and O–H groups in total. The van der Waals surface area contributed by atoms with E-state index in [4.69, 9.17) is 11.6 Å². The number of sulfonamides is 1. The van der Waals surface area contributed by atoms with E-state index in [0.717, 1.165) is 12.1 Å². The molecule has 0 unspecified atom stereocenters. The van der Waals surface area contributed by atoms with E-state index in [1.807, 2.05) is 4.72 Å². The van der Waals surface area contributed by atoms with Crippen LogP contribution < -0.4 is 4.72 Å². The number of rotatable bonds is 3. The third-order valence-corrected chi connectivity index (χ3v) is 4.02. The van der Waals surface area contributed by atoms with E-state index in [1.165, 1.54) is 24.4 Å². The second kappa shape index (κ2) is 5.10. The van der Waals surface area contributed by atoms with E-state index >= 15 is 0 Å². The molecule has 0 saturated heterocycles. The topological polar surface area (TPSA) is 59.1 Å². The van der Waals surface area contributed by atoms with Gasteiger partial charge in [-0.05, 0) is 24.3 Å². The van der Waals surface area contributed by atoms with Gasteiger partial charge in [0.15, 0.2) is 11.6 Å². The minimum atomic E-state index is -4.13. The van der Waals surface area contributed by atoms with Crippen molar-refractivity contribution >= 4 is 27.3 Å². The van der Waals surface area contributed by atoms with Crippen molar-refractivity contribution in [2.24, 2.45) is 0 Å². The minimum Gasteiger partial charge on any atom is -0.276 e.